The van der Waals surface area contributed by atoms with E-state index in [1.54, 1.807) is 24.3 Å². The monoisotopic (exact) mass is 316 g/mol. The van der Waals surface area contributed by atoms with Gasteiger partial charge in [-0.3, -0.25) is 0 Å². The number of nitrogens with zero attached hydrogens (tertiary/aromatic N) is 1. The van der Waals surface area contributed by atoms with Crippen molar-refractivity contribution >= 4 is 21.8 Å². The Balaban J connectivity index is 2.05. The van der Waals surface area contributed by atoms with Gasteiger partial charge >= 0.3 is 0 Å². The Morgan fingerprint density at radius 3 is 2.52 bits per heavy atom. The predicted octanol–water partition coefficient (Wildman–Crippen LogP) is 4.94. The van der Waals surface area contributed by atoms with Crippen LogP contribution in [-0.2, 0) is 0 Å². The second-order valence-electron chi connectivity index (χ2n) is 5.11. The zero-order valence-corrected chi connectivity index (χ0v) is 11.5. The van der Waals surface area contributed by atoms with E-state index >= 15 is 0 Å². The van der Waals surface area contributed by atoms with E-state index < -0.39 is 23.3 Å². The maximum absolute atomic E-state index is 14.1. The Morgan fingerprint density at radius 1 is 0.870 bits per heavy atom. The van der Waals surface area contributed by atoms with Gasteiger partial charge in [-0.1, -0.05) is 18.2 Å². The lowest BCUT2D eigenvalue weighted by atomic mass is 10.1. The van der Waals surface area contributed by atoms with Crippen LogP contribution in [0.1, 0.15) is 0 Å². The van der Waals surface area contributed by atoms with E-state index in [4.69, 9.17) is 0 Å². The smallest absolute Gasteiger partial charge is 0.169 e. The first-order chi connectivity index (χ1) is 11.1. The highest BCUT2D eigenvalue weighted by Gasteiger charge is 2.19. The Kier molecular flexibility index (Phi) is 2.87. The topological polar surface area (TPSA) is 28.7 Å². The average Bonchev–Trinajstić information content (AvgIpc) is 2.98. The molecule has 4 aromatic rings. The maximum atomic E-state index is 14.1. The molecule has 4 rings (SSSR count). The van der Waals surface area contributed by atoms with Crippen LogP contribution in [0.25, 0.3) is 33.1 Å². The Bertz CT molecular complexity index is 1070. The lowest BCUT2D eigenvalue weighted by Crippen LogP contribution is -1.92. The third kappa shape index (κ3) is 1.98. The molecule has 0 unspecified atom stereocenters. The van der Waals surface area contributed by atoms with E-state index in [9.17, 15) is 17.6 Å². The molecule has 0 aliphatic rings. The number of benzene rings is 2. The summed E-state index contributed by atoms with van der Waals surface area (Å²) in [4.78, 5) is 6.73. The van der Waals surface area contributed by atoms with Crippen LogP contribution in [0.4, 0.5) is 17.6 Å². The summed E-state index contributed by atoms with van der Waals surface area (Å²) >= 11 is 0. The number of pyridine rings is 1. The Morgan fingerprint density at radius 2 is 1.70 bits per heavy atom. The van der Waals surface area contributed by atoms with E-state index in [0.29, 0.717) is 11.5 Å². The number of aromatic amines is 1. The molecule has 0 atom stereocenters. The van der Waals surface area contributed by atoms with Crippen molar-refractivity contribution in [2.24, 2.45) is 0 Å². The number of H-pyrrole nitrogens is 1. The van der Waals surface area contributed by atoms with Crippen LogP contribution in [0.5, 0.6) is 0 Å². The van der Waals surface area contributed by atoms with Crippen LogP contribution in [0.3, 0.4) is 0 Å². The van der Waals surface area contributed by atoms with Crippen molar-refractivity contribution in [3.8, 4) is 11.3 Å². The van der Waals surface area contributed by atoms with Gasteiger partial charge in [0.15, 0.2) is 11.6 Å². The first kappa shape index (κ1) is 13.8. The van der Waals surface area contributed by atoms with E-state index in [2.05, 4.69) is 9.97 Å². The van der Waals surface area contributed by atoms with Crippen LogP contribution in [0.2, 0.25) is 0 Å². The third-order valence-electron chi connectivity index (χ3n) is 3.75. The summed E-state index contributed by atoms with van der Waals surface area (Å²) in [5.41, 5.74) is 0.338. The lowest BCUT2D eigenvalue weighted by molar-refractivity contribution is 0.505. The van der Waals surface area contributed by atoms with E-state index in [1.165, 1.54) is 12.3 Å². The van der Waals surface area contributed by atoms with Crippen LogP contribution in [0.15, 0.2) is 42.6 Å². The molecular weight excluding hydrogens is 308 g/mol. The molecule has 114 valence electrons. The normalized spacial score (nSPS) is 11.5. The summed E-state index contributed by atoms with van der Waals surface area (Å²) in [5.74, 6) is -3.89. The summed E-state index contributed by atoms with van der Waals surface area (Å²) in [6, 6.07) is 8.14. The Hall–Kier alpha value is -2.89. The van der Waals surface area contributed by atoms with Crippen LogP contribution in [0, 0.1) is 23.3 Å². The predicted molar refractivity (Wildman–Crippen MR) is 78.9 cm³/mol. The minimum Gasteiger partial charge on any atom is -0.358 e. The molecule has 6 heteroatoms. The van der Waals surface area contributed by atoms with Crippen molar-refractivity contribution < 1.29 is 17.6 Å². The highest BCUT2D eigenvalue weighted by atomic mass is 19.2. The second-order valence-corrected chi connectivity index (χ2v) is 5.11. The first-order valence-electron chi connectivity index (χ1n) is 6.76. The molecule has 1 N–H and O–H groups in total. The molecule has 0 amide bonds. The molecule has 0 bridgehead atoms. The molecule has 2 nitrogen and oxygen atoms in total. The highest BCUT2D eigenvalue weighted by molar-refractivity contribution is 5.96. The minimum atomic E-state index is -1.29. The molecule has 2 heterocycles. The SMILES string of the molecule is Fc1cc(F)c2[nH]cc(-c3ccc4cccc(F)c4n3)c2c1F. The fourth-order valence-electron chi connectivity index (χ4n) is 2.67. The van der Waals surface area contributed by atoms with Gasteiger partial charge < -0.3 is 4.98 Å². The van der Waals surface area contributed by atoms with E-state index in [1.807, 2.05) is 0 Å². The van der Waals surface area contributed by atoms with Crippen molar-refractivity contribution in [1.29, 1.82) is 0 Å². The van der Waals surface area contributed by atoms with Gasteiger partial charge in [0, 0.05) is 23.2 Å². The van der Waals surface area contributed by atoms with Gasteiger partial charge in [0.25, 0.3) is 0 Å². The number of fused-ring (bicyclic) bond motifs is 2. The number of halogens is 4. The van der Waals surface area contributed by atoms with Gasteiger partial charge in [0.05, 0.1) is 16.6 Å². The zero-order chi connectivity index (χ0) is 16.1. The molecule has 2 aromatic heterocycles. The molecule has 0 aliphatic carbocycles. The lowest BCUT2D eigenvalue weighted by Gasteiger charge is -2.04. The highest BCUT2D eigenvalue weighted by Crippen LogP contribution is 2.33. The number of nitrogens with one attached hydrogen (secondary N) is 1. The molecule has 0 saturated heterocycles. The third-order valence-corrected chi connectivity index (χ3v) is 3.75. The molecule has 0 saturated carbocycles. The van der Waals surface area contributed by atoms with Crippen LogP contribution in [-0.4, -0.2) is 9.97 Å². The van der Waals surface area contributed by atoms with Gasteiger partial charge in [-0.05, 0) is 12.1 Å². The molecule has 0 radical (unpaired) electrons. The summed E-state index contributed by atoms with van der Waals surface area (Å²) in [6.07, 6.45) is 1.32. The molecule has 2 aromatic carbocycles. The fourth-order valence-corrected chi connectivity index (χ4v) is 2.67. The summed E-state index contributed by atoms with van der Waals surface area (Å²) in [6.45, 7) is 0. The number of para-hydroxylation sites is 1. The maximum Gasteiger partial charge on any atom is 0.169 e. The molecule has 0 fully saturated rings. The van der Waals surface area contributed by atoms with E-state index in [0.717, 1.165) is 0 Å². The van der Waals surface area contributed by atoms with Crippen molar-refractivity contribution in [3.05, 3.63) is 65.9 Å². The molecular formula is C17H8F4N2. The van der Waals surface area contributed by atoms with Crippen molar-refractivity contribution in [2.45, 2.75) is 0 Å². The Labute approximate surface area is 127 Å². The molecule has 0 aliphatic heterocycles. The van der Waals surface area contributed by atoms with Gasteiger partial charge in [-0.2, -0.15) is 0 Å². The standard InChI is InChI=1S/C17H8F4N2/c18-10-3-1-2-8-4-5-13(23-16(8)10)9-7-22-17-12(20)6-11(19)15(21)14(9)17/h1-7,22H. The molecule has 23 heavy (non-hydrogen) atoms. The first-order valence-corrected chi connectivity index (χ1v) is 6.76. The van der Waals surface area contributed by atoms with Crippen molar-refractivity contribution in [1.82, 2.24) is 9.97 Å². The van der Waals surface area contributed by atoms with Crippen molar-refractivity contribution in [3.63, 3.8) is 0 Å². The van der Waals surface area contributed by atoms with Crippen LogP contribution >= 0.6 is 0 Å². The number of hydrogen-bond donors (Lipinski definition) is 1. The largest absolute Gasteiger partial charge is 0.358 e. The number of hydrogen-bond acceptors (Lipinski definition) is 1. The van der Waals surface area contributed by atoms with Gasteiger partial charge in [0.1, 0.15) is 17.2 Å². The van der Waals surface area contributed by atoms with Gasteiger partial charge in [0.2, 0.25) is 0 Å². The van der Waals surface area contributed by atoms with Gasteiger partial charge in [-0.25, -0.2) is 22.5 Å². The summed E-state index contributed by atoms with van der Waals surface area (Å²) < 4.78 is 55.2. The van der Waals surface area contributed by atoms with Gasteiger partial charge in [-0.15, -0.1) is 0 Å². The van der Waals surface area contributed by atoms with Crippen LogP contribution < -0.4 is 0 Å². The zero-order valence-electron chi connectivity index (χ0n) is 11.5. The molecule has 0 spiro atoms. The van der Waals surface area contributed by atoms with E-state index in [-0.39, 0.29) is 27.7 Å². The quantitative estimate of drug-likeness (QED) is 0.391. The van der Waals surface area contributed by atoms with Crippen molar-refractivity contribution in [2.75, 3.05) is 0 Å². The minimum absolute atomic E-state index is 0.108. The fraction of sp³-hybridized carbons (Fsp3) is 0. The number of aromatic nitrogens is 2. The number of rotatable bonds is 1. The summed E-state index contributed by atoms with van der Waals surface area (Å²) in [5, 5.41) is 0.331. The second kappa shape index (κ2) is 4.81. The average molecular weight is 316 g/mol. The summed E-state index contributed by atoms with van der Waals surface area (Å²) in [7, 11) is 0.